The van der Waals surface area contributed by atoms with E-state index in [-0.39, 0.29) is 6.04 Å². The van der Waals surface area contributed by atoms with Crippen LogP contribution in [-0.4, -0.2) is 7.11 Å². The molecule has 3 atom stereocenters. The average molecular weight is 360 g/mol. The molecule has 1 N–H and O–H groups in total. The lowest BCUT2D eigenvalue weighted by atomic mass is 9.75. The molecular weight excluding hydrogens is 341 g/mol. The van der Waals surface area contributed by atoms with Gasteiger partial charge in [-0.05, 0) is 54.2 Å². The normalized spacial score (nSPS) is 24.2. The summed E-state index contributed by atoms with van der Waals surface area (Å²) in [5.41, 5.74) is 4.81. The van der Waals surface area contributed by atoms with Crippen LogP contribution in [0, 0.1) is 12.8 Å². The van der Waals surface area contributed by atoms with E-state index < -0.39 is 0 Å². The van der Waals surface area contributed by atoms with Crippen LogP contribution in [0.3, 0.4) is 0 Å². The van der Waals surface area contributed by atoms with Crippen LogP contribution in [0.15, 0.2) is 42.5 Å². The number of ether oxygens (including phenoxy) is 1. The van der Waals surface area contributed by atoms with Crippen molar-refractivity contribution in [2.45, 2.75) is 25.3 Å². The maximum absolute atomic E-state index is 6.51. The Bertz CT molecular complexity index is 831. The molecule has 2 aromatic rings. The number of halogens is 2. The molecule has 0 spiro atoms. The van der Waals surface area contributed by atoms with Gasteiger partial charge in [0.15, 0.2) is 0 Å². The Morgan fingerprint density at radius 1 is 1.17 bits per heavy atom. The number of fused-ring (bicyclic) bond motifs is 3. The first kappa shape index (κ1) is 15.9. The highest BCUT2D eigenvalue weighted by atomic mass is 35.5. The van der Waals surface area contributed by atoms with Crippen molar-refractivity contribution in [3.05, 3.63) is 69.2 Å². The van der Waals surface area contributed by atoms with Gasteiger partial charge in [-0.1, -0.05) is 47.5 Å². The van der Waals surface area contributed by atoms with Gasteiger partial charge in [0.1, 0.15) is 5.75 Å². The molecule has 0 bridgehead atoms. The van der Waals surface area contributed by atoms with Crippen molar-refractivity contribution >= 4 is 28.9 Å². The first-order valence-corrected chi connectivity index (χ1v) is 8.91. The van der Waals surface area contributed by atoms with Gasteiger partial charge in [0.25, 0.3) is 0 Å². The monoisotopic (exact) mass is 359 g/mol. The molecule has 2 nitrogen and oxygen atoms in total. The zero-order chi connectivity index (χ0) is 16.8. The largest absolute Gasteiger partial charge is 0.495 e. The number of anilines is 1. The Labute approximate surface area is 152 Å². The van der Waals surface area contributed by atoms with Crippen LogP contribution in [0.2, 0.25) is 10.0 Å². The van der Waals surface area contributed by atoms with Gasteiger partial charge in [-0.2, -0.15) is 0 Å². The number of hydrogen-bond donors (Lipinski definition) is 1. The molecule has 124 valence electrons. The Hall–Kier alpha value is -1.64. The standard InChI is InChI=1S/C20H19Cl2NO/c1-11-6-9-17(24-2)20-18(11)13-4-3-5-14(13)19(23-20)15-8-7-12(21)10-16(15)22/h3-4,6-10,13-14,19,23H,5H2,1-2H3/t13-,14+,19-/m0/s1. The minimum Gasteiger partial charge on any atom is -0.495 e. The molecule has 1 heterocycles. The van der Waals surface area contributed by atoms with Crippen molar-refractivity contribution in [3.63, 3.8) is 0 Å². The molecule has 0 radical (unpaired) electrons. The van der Waals surface area contributed by atoms with Crippen LogP contribution in [0.4, 0.5) is 5.69 Å². The third-order valence-corrected chi connectivity index (χ3v) is 5.78. The summed E-state index contributed by atoms with van der Waals surface area (Å²) in [6, 6.07) is 10.1. The number of nitrogens with one attached hydrogen (secondary N) is 1. The second-order valence-corrected chi connectivity index (χ2v) is 7.36. The minimum atomic E-state index is 0.137. The van der Waals surface area contributed by atoms with E-state index in [1.807, 2.05) is 24.3 Å². The maximum atomic E-state index is 6.51. The SMILES string of the molecule is COc1ccc(C)c2c1N[C@H](c1ccc(Cl)cc1Cl)[C@@H]1CC=C[C@H]21. The number of rotatable bonds is 2. The molecule has 24 heavy (non-hydrogen) atoms. The van der Waals surface area contributed by atoms with E-state index in [4.69, 9.17) is 27.9 Å². The molecule has 2 aromatic carbocycles. The number of hydrogen-bond acceptors (Lipinski definition) is 2. The first-order valence-electron chi connectivity index (χ1n) is 8.15. The van der Waals surface area contributed by atoms with Crippen LogP contribution in [0.25, 0.3) is 0 Å². The van der Waals surface area contributed by atoms with E-state index >= 15 is 0 Å². The number of aryl methyl sites for hydroxylation is 1. The Morgan fingerprint density at radius 2 is 2.00 bits per heavy atom. The van der Waals surface area contributed by atoms with Crippen molar-refractivity contribution in [1.29, 1.82) is 0 Å². The Balaban J connectivity index is 1.87. The summed E-state index contributed by atoms with van der Waals surface area (Å²) in [4.78, 5) is 0. The second-order valence-electron chi connectivity index (χ2n) is 6.51. The summed E-state index contributed by atoms with van der Waals surface area (Å²) >= 11 is 12.6. The molecule has 0 fully saturated rings. The van der Waals surface area contributed by atoms with Gasteiger partial charge in [0, 0.05) is 16.0 Å². The van der Waals surface area contributed by atoms with E-state index in [9.17, 15) is 0 Å². The molecule has 0 aromatic heterocycles. The van der Waals surface area contributed by atoms with Gasteiger partial charge in [-0.25, -0.2) is 0 Å². The Morgan fingerprint density at radius 3 is 2.75 bits per heavy atom. The maximum Gasteiger partial charge on any atom is 0.142 e. The minimum absolute atomic E-state index is 0.137. The van der Waals surface area contributed by atoms with Gasteiger partial charge in [0.2, 0.25) is 0 Å². The van der Waals surface area contributed by atoms with Crippen LogP contribution >= 0.6 is 23.2 Å². The third kappa shape index (κ3) is 2.40. The predicted octanol–water partition coefficient (Wildman–Crippen LogP) is 6.14. The molecule has 0 unspecified atom stereocenters. The van der Waals surface area contributed by atoms with Gasteiger partial charge in [-0.15, -0.1) is 0 Å². The lowest BCUT2D eigenvalue weighted by Gasteiger charge is -2.39. The van der Waals surface area contributed by atoms with E-state index in [0.717, 1.165) is 23.4 Å². The summed E-state index contributed by atoms with van der Waals surface area (Å²) in [5, 5.41) is 5.08. The molecular formula is C20H19Cl2NO. The second kappa shape index (κ2) is 6.02. The first-order chi connectivity index (χ1) is 11.6. The van der Waals surface area contributed by atoms with Crippen LogP contribution in [-0.2, 0) is 0 Å². The fourth-order valence-corrected chi connectivity index (χ4v) is 4.63. The van der Waals surface area contributed by atoms with Crippen molar-refractivity contribution < 1.29 is 4.74 Å². The number of allylic oxidation sites excluding steroid dienone is 2. The van der Waals surface area contributed by atoms with E-state index in [2.05, 4.69) is 30.5 Å². The van der Waals surface area contributed by atoms with Crippen LogP contribution in [0.1, 0.15) is 35.1 Å². The Kier molecular flexibility index (Phi) is 3.98. The molecule has 0 saturated heterocycles. The van der Waals surface area contributed by atoms with Gasteiger partial charge >= 0.3 is 0 Å². The van der Waals surface area contributed by atoms with Gasteiger partial charge in [0.05, 0.1) is 18.8 Å². The fraction of sp³-hybridized carbons (Fsp3) is 0.300. The predicted molar refractivity (Wildman–Crippen MR) is 101 cm³/mol. The summed E-state index contributed by atoms with van der Waals surface area (Å²) in [6.07, 6.45) is 5.65. The molecule has 1 aliphatic carbocycles. The van der Waals surface area contributed by atoms with Gasteiger partial charge < -0.3 is 10.1 Å². The summed E-state index contributed by atoms with van der Waals surface area (Å²) in [5.74, 6) is 1.71. The molecule has 1 aliphatic heterocycles. The van der Waals surface area contributed by atoms with Crippen molar-refractivity contribution in [2.24, 2.45) is 5.92 Å². The summed E-state index contributed by atoms with van der Waals surface area (Å²) in [7, 11) is 1.72. The van der Waals surface area contributed by atoms with Crippen LogP contribution in [0.5, 0.6) is 5.75 Å². The van der Waals surface area contributed by atoms with Crippen molar-refractivity contribution in [2.75, 3.05) is 12.4 Å². The molecule has 4 heteroatoms. The highest BCUT2D eigenvalue weighted by Gasteiger charge is 2.40. The quantitative estimate of drug-likeness (QED) is 0.650. The van der Waals surface area contributed by atoms with Crippen molar-refractivity contribution in [3.8, 4) is 5.75 Å². The molecule has 4 rings (SSSR count). The summed E-state index contributed by atoms with van der Waals surface area (Å²) in [6.45, 7) is 2.17. The molecule has 0 saturated carbocycles. The highest BCUT2D eigenvalue weighted by Crippen LogP contribution is 2.54. The van der Waals surface area contributed by atoms with E-state index in [0.29, 0.717) is 21.9 Å². The van der Waals surface area contributed by atoms with E-state index in [1.54, 1.807) is 7.11 Å². The summed E-state index contributed by atoms with van der Waals surface area (Å²) < 4.78 is 5.61. The smallest absolute Gasteiger partial charge is 0.142 e. The molecule has 2 aliphatic rings. The topological polar surface area (TPSA) is 21.3 Å². The fourth-order valence-electron chi connectivity index (χ4n) is 4.10. The molecule has 0 amide bonds. The van der Waals surface area contributed by atoms with E-state index in [1.165, 1.54) is 11.1 Å². The zero-order valence-corrected chi connectivity index (χ0v) is 15.2. The highest BCUT2D eigenvalue weighted by molar-refractivity contribution is 6.35. The van der Waals surface area contributed by atoms with Crippen molar-refractivity contribution in [1.82, 2.24) is 0 Å². The third-order valence-electron chi connectivity index (χ3n) is 5.22. The lowest BCUT2D eigenvalue weighted by molar-refractivity contribution is 0.396. The zero-order valence-electron chi connectivity index (χ0n) is 13.6. The number of methoxy groups -OCH3 is 1. The van der Waals surface area contributed by atoms with Crippen LogP contribution < -0.4 is 10.1 Å². The lowest BCUT2D eigenvalue weighted by Crippen LogP contribution is -2.30. The van der Waals surface area contributed by atoms with Gasteiger partial charge in [-0.3, -0.25) is 0 Å². The number of benzene rings is 2. The average Bonchev–Trinajstić information content (AvgIpc) is 3.04.